The summed E-state index contributed by atoms with van der Waals surface area (Å²) in [4.78, 5) is 31.9. The largest absolute Gasteiger partial charge is 0.352 e. The van der Waals surface area contributed by atoms with Gasteiger partial charge in [0.2, 0.25) is 5.91 Å². The molecule has 0 atom stereocenters. The van der Waals surface area contributed by atoms with Gasteiger partial charge in [-0.25, -0.2) is 4.98 Å². The number of rotatable bonds is 9. The molecular formula is C26H31BrN4O2. The zero-order valence-electron chi connectivity index (χ0n) is 18.9. The van der Waals surface area contributed by atoms with Crippen molar-refractivity contribution in [3.05, 3.63) is 64.4 Å². The molecule has 0 spiro atoms. The van der Waals surface area contributed by atoms with Crippen molar-refractivity contribution >= 4 is 38.8 Å². The molecular weight excluding hydrogens is 480 g/mol. The van der Waals surface area contributed by atoms with E-state index < -0.39 is 0 Å². The van der Waals surface area contributed by atoms with Gasteiger partial charge in [0, 0.05) is 36.1 Å². The van der Waals surface area contributed by atoms with Crippen LogP contribution in [0.2, 0.25) is 0 Å². The van der Waals surface area contributed by atoms with Crippen LogP contribution in [0.4, 0.5) is 0 Å². The van der Waals surface area contributed by atoms with Crippen molar-refractivity contribution < 1.29 is 9.59 Å². The summed E-state index contributed by atoms with van der Waals surface area (Å²) in [5.41, 5.74) is 2.64. The molecule has 0 unspecified atom stereocenters. The number of hydrogen-bond donors (Lipinski definition) is 1. The van der Waals surface area contributed by atoms with Crippen LogP contribution in [0.5, 0.6) is 0 Å². The van der Waals surface area contributed by atoms with E-state index in [0.29, 0.717) is 18.7 Å². The number of para-hydroxylation sites is 2. The second-order valence-electron chi connectivity index (χ2n) is 8.62. The summed E-state index contributed by atoms with van der Waals surface area (Å²) < 4.78 is 3.06. The Balaban J connectivity index is 1.29. The van der Waals surface area contributed by atoms with Crippen LogP contribution >= 0.6 is 15.9 Å². The van der Waals surface area contributed by atoms with Gasteiger partial charge in [-0.15, -0.1) is 0 Å². The summed E-state index contributed by atoms with van der Waals surface area (Å²) in [5.74, 6) is 1.12. The molecule has 0 aliphatic carbocycles. The monoisotopic (exact) mass is 510 g/mol. The fourth-order valence-electron chi connectivity index (χ4n) is 4.36. The van der Waals surface area contributed by atoms with Gasteiger partial charge in [0.1, 0.15) is 12.4 Å². The first-order chi connectivity index (χ1) is 16.1. The smallest absolute Gasteiger partial charge is 0.251 e. The van der Waals surface area contributed by atoms with Crippen LogP contribution in [-0.2, 0) is 17.8 Å². The highest BCUT2D eigenvalue weighted by Gasteiger charge is 2.19. The first-order valence-electron chi connectivity index (χ1n) is 11.9. The quantitative estimate of drug-likeness (QED) is 0.414. The summed E-state index contributed by atoms with van der Waals surface area (Å²) in [6.45, 7) is 2.75. The van der Waals surface area contributed by atoms with Gasteiger partial charge in [-0.05, 0) is 68.5 Å². The van der Waals surface area contributed by atoms with E-state index in [-0.39, 0.29) is 11.8 Å². The Kier molecular flexibility index (Phi) is 8.15. The number of hydrogen-bond acceptors (Lipinski definition) is 3. The van der Waals surface area contributed by atoms with Crippen LogP contribution in [0.3, 0.4) is 0 Å². The molecule has 1 aliphatic heterocycles. The van der Waals surface area contributed by atoms with Gasteiger partial charge in [0.25, 0.3) is 5.91 Å². The number of piperidine rings is 1. The lowest BCUT2D eigenvalue weighted by molar-refractivity contribution is -0.132. The Morgan fingerprint density at radius 2 is 1.70 bits per heavy atom. The molecule has 1 saturated heterocycles. The molecule has 174 valence electrons. The van der Waals surface area contributed by atoms with Crippen molar-refractivity contribution in [2.24, 2.45) is 0 Å². The average molecular weight is 511 g/mol. The van der Waals surface area contributed by atoms with E-state index in [0.717, 1.165) is 72.9 Å². The van der Waals surface area contributed by atoms with E-state index in [1.165, 1.54) is 6.42 Å². The molecule has 2 heterocycles. The summed E-state index contributed by atoms with van der Waals surface area (Å²) in [6.07, 6.45) is 7.10. The molecule has 0 bridgehead atoms. The molecule has 2 aromatic carbocycles. The fraction of sp³-hybridized carbons (Fsp3) is 0.423. The number of fused-ring (bicyclic) bond motifs is 1. The predicted octanol–water partition coefficient (Wildman–Crippen LogP) is 4.95. The van der Waals surface area contributed by atoms with Crippen LogP contribution in [0.1, 0.15) is 54.7 Å². The molecule has 33 heavy (non-hydrogen) atoms. The van der Waals surface area contributed by atoms with Crippen molar-refractivity contribution in [3.63, 3.8) is 0 Å². The van der Waals surface area contributed by atoms with Crippen molar-refractivity contribution in [1.29, 1.82) is 0 Å². The minimum Gasteiger partial charge on any atom is -0.352 e. The predicted molar refractivity (Wildman–Crippen MR) is 134 cm³/mol. The summed E-state index contributed by atoms with van der Waals surface area (Å²) in [7, 11) is 0. The zero-order valence-corrected chi connectivity index (χ0v) is 20.5. The number of aryl methyl sites for hydroxylation is 1. The lowest BCUT2D eigenvalue weighted by Crippen LogP contribution is -2.38. The number of likely N-dealkylation sites (tertiary alicyclic amines) is 1. The molecule has 4 rings (SSSR count). The molecule has 1 aromatic heterocycles. The van der Waals surface area contributed by atoms with Crippen molar-refractivity contribution in [1.82, 2.24) is 19.8 Å². The highest BCUT2D eigenvalue weighted by molar-refractivity contribution is 9.10. The minimum atomic E-state index is -0.0412. The van der Waals surface area contributed by atoms with Gasteiger partial charge in [0.05, 0.1) is 11.0 Å². The number of amides is 2. The van der Waals surface area contributed by atoms with Crippen molar-refractivity contribution in [3.8, 4) is 0 Å². The molecule has 6 nitrogen and oxygen atoms in total. The Hall–Kier alpha value is -2.67. The van der Waals surface area contributed by atoms with Crippen LogP contribution in [-0.4, -0.2) is 45.9 Å². The molecule has 0 radical (unpaired) electrons. The van der Waals surface area contributed by atoms with E-state index in [1.54, 1.807) is 0 Å². The lowest BCUT2D eigenvalue weighted by Gasteiger charge is -2.27. The highest BCUT2D eigenvalue weighted by atomic mass is 79.9. The number of carbonyl (C=O) groups excluding carboxylic acids is 2. The Morgan fingerprint density at radius 3 is 2.48 bits per heavy atom. The van der Waals surface area contributed by atoms with Gasteiger partial charge in [-0.1, -0.05) is 34.5 Å². The fourth-order valence-corrected chi connectivity index (χ4v) is 4.63. The standard InChI is InChI=1S/C26H31BrN4O2/c27-21-14-12-20(13-15-21)26(33)28-16-6-1-3-11-24-29-22-9-4-5-10-23(22)31(24)19-25(32)30-17-7-2-8-18-30/h4-5,9-10,12-15H,1-3,6-8,11,16-19H2,(H,28,33). The maximum atomic E-state index is 12.9. The second kappa shape index (κ2) is 11.5. The third kappa shape index (κ3) is 6.22. The summed E-state index contributed by atoms with van der Waals surface area (Å²) in [6, 6.07) is 15.4. The van der Waals surface area contributed by atoms with Gasteiger partial charge < -0.3 is 14.8 Å². The number of nitrogens with one attached hydrogen (secondary N) is 1. The van der Waals surface area contributed by atoms with E-state index in [2.05, 4.69) is 25.8 Å². The number of halogens is 1. The molecule has 3 aromatic rings. The molecule has 1 fully saturated rings. The molecule has 2 amide bonds. The summed E-state index contributed by atoms with van der Waals surface area (Å²) in [5, 5.41) is 2.99. The number of unbranched alkanes of at least 4 members (excludes halogenated alkanes) is 2. The van der Waals surface area contributed by atoms with Crippen LogP contribution < -0.4 is 5.32 Å². The Labute approximate surface area is 203 Å². The van der Waals surface area contributed by atoms with Gasteiger partial charge in [-0.2, -0.15) is 0 Å². The summed E-state index contributed by atoms with van der Waals surface area (Å²) >= 11 is 3.38. The third-order valence-electron chi connectivity index (χ3n) is 6.20. The van der Waals surface area contributed by atoms with E-state index in [4.69, 9.17) is 4.98 Å². The third-order valence-corrected chi connectivity index (χ3v) is 6.73. The van der Waals surface area contributed by atoms with Crippen LogP contribution in [0, 0.1) is 0 Å². The Morgan fingerprint density at radius 1 is 0.939 bits per heavy atom. The first-order valence-corrected chi connectivity index (χ1v) is 12.7. The number of nitrogens with zero attached hydrogens (tertiary/aromatic N) is 3. The maximum Gasteiger partial charge on any atom is 0.251 e. The van der Waals surface area contributed by atoms with E-state index in [9.17, 15) is 9.59 Å². The zero-order chi connectivity index (χ0) is 23.0. The molecule has 1 aliphatic rings. The van der Waals surface area contributed by atoms with Gasteiger partial charge in [-0.3, -0.25) is 9.59 Å². The number of aromatic nitrogens is 2. The van der Waals surface area contributed by atoms with Crippen LogP contribution in [0.15, 0.2) is 53.0 Å². The van der Waals surface area contributed by atoms with Gasteiger partial charge >= 0.3 is 0 Å². The number of carbonyl (C=O) groups is 2. The van der Waals surface area contributed by atoms with Crippen molar-refractivity contribution in [2.45, 2.75) is 51.5 Å². The van der Waals surface area contributed by atoms with E-state index in [1.807, 2.05) is 53.4 Å². The Bertz CT molecular complexity index is 1090. The number of imidazole rings is 1. The number of benzene rings is 2. The SMILES string of the molecule is O=C(NCCCCCc1nc2ccccc2n1CC(=O)N1CCCCC1)c1ccc(Br)cc1. The maximum absolute atomic E-state index is 12.9. The first kappa shape index (κ1) is 23.5. The normalized spacial score (nSPS) is 13.9. The van der Waals surface area contributed by atoms with E-state index >= 15 is 0 Å². The average Bonchev–Trinajstić information content (AvgIpc) is 3.19. The lowest BCUT2D eigenvalue weighted by atomic mass is 10.1. The van der Waals surface area contributed by atoms with Gasteiger partial charge in [0.15, 0.2) is 0 Å². The minimum absolute atomic E-state index is 0.0412. The second-order valence-corrected chi connectivity index (χ2v) is 9.53. The van der Waals surface area contributed by atoms with Crippen LogP contribution in [0.25, 0.3) is 11.0 Å². The topological polar surface area (TPSA) is 67.2 Å². The van der Waals surface area contributed by atoms with Crippen molar-refractivity contribution in [2.75, 3.05) is 19.6 Å². The molecule has 0 saturated carbocycles. The molecule has 7 heteroatoms. The highest BCUT2D eigenvalue weighted by Crippen LogP contribution is 2.19. The molecule has 1 N–H and O–H groups in total.